The van der Waals surface area contributed by atoms with Crippen molar-refractivity contribution in [1.82, 2.24) is 4.98 Å². The maximum atomic E-state index is 12.1. The van der Waals surface area contributed by atoms with Crippen LogP contribution in [0, 0.1) is 0 Å². The Morgan fingerprint density at radius 3 is 2.69 bits per heavy atom. The van der Waals surface area contributed by atoms with Crippen molar-refractivity contribution in [1.29, 1.82) is 0 Å². The van der Waals surface area contributed by atoms with E-state index in [2.05, 4.69) is 26.2 Å². The zero-order chi connectivity index (χ0) is 18.4. The normalized spacial score (nSPS) is 10.4. The molecule has 5 nitrogen and oxygen atoms in total. The van der Waals surface area contributed by atoms with Gasteiger partial charge in [0.2, 0.25) is 0 Å². The van der Waals surface area contributed by atoms with Gasteiger partial charge >= 0.3 is 0 Å². The average Bonchev–Trinajstić information content (AvgIpc) is 3.10. The van der Waals surface area contributed by atoms with Gasteiger partial charge in [-0.15, -0.1) is 11.3 Å². The van der Waals surface area contributed by atoms with Crippen LogP contribution in [0.1, 0.15) is 6.92 Å². The van der Waals surface area contributed by atoms with Crippen LogP contribution in [-0.4, -0.2) is 24.1 Å². The molecular formula is C19H17BrN2O3S. The molecule has 3 aromatic rings. The molecule has 0 spiro atoms. The Morgan fingerprint density at radius 1 is 1.15 bits per heavy atom. The van der Waals surface area contributed by atoms with Crippen LogP contribution in [0.4, 0.5) is 5.13 Å². The lowest BCUT2D eigenvalue weighted by atomic mass is 10.1. The maximum Gasteiger partial charge on any atom is 0.264 e. The van der Waals surface area contributed by atoms with Crippen LogP contribution in [0.3, 0.4) is 0 Å². The maximum absolute atomic E-state index is 12.1. The number of anilines is 1. The van der Waals surface area contributed by atoms with E-state index in [0.29, 0.717) is 17.5 Å². The van der Waals surface area contributed by atoms with Crippen molar-refractivity contribution in [2.75, 3.05) is 18.5 Å². The molecule has 1 heterocycles. The van der Waals surface area contributed by atoms with Crippen molar-refractivity contribution in [3.8, 4) is 22.8 Å². The summed E-state index contributed by atoms with van der Waals surface area (Å²) >= 11 is 4.72. The van der Waals surface area contributed by atoms with Crippen molar-refractivity contribution in [2.24, 2.45) is 0 Å². The highest BCUT2D eigenvalue weighted by atomic mass is 79.9. The number of amides is 1. The molecule has 0 saturated heterocycles. The van der Waals surface area contributed by atoms with Crippen molar-refractivity contribution in [3.05, 3.63) is 58.4 Å². The van der Waals surface area contributed by atoms with Gasteiger partial charge in [-0.1, -0.05) is 28.1 Å². The van der Waals surface area contributed by atoms with Crippen LogP contribution >= 0.6 is 27.3 Å². The van der Waals surface area contributed by atoms with E-state index >= 15 is 0 Å². The van der Waals surface area contributed by atoms with E-state index in [4.69, 9.17) is 9.47 Å². The number of hydrogen-bond donors (Lipinski definition) is 1. The van der Waals surface area contributed by atoms with Crippen molar-refractivity contribution < 1.29 is 14.3 Å². The summed E-state index contributed by atoms with van der Waals surface area (Å²) in [5, 5.41) is 5.17. The average molecular weight is 433 g/mol. The molecule has 7 heteroatoms. The Hall–Kier alpha value is -2.38. The quantitative estimate of drug-likeness (QED) is 0.571. The number of nitrogens with zero attached hydrogens (tertiary/aromatic N) is 1. The van der Waals surface area contributed by atoms with E-state index < -0.39 is 0 Å². The number of para-hydroxylation sites is 1. The second-order valence-corrected chi connectivity index (χ2v) is 7.03. The van der Waals surface area contributed by atoms with Crippen LogP contribution < -0.4 is 14.8 Å². The third-order valence-corrected chi connectivity index (χ3v) is 4.68. The molecule has 0 atom stereocenters. The summed E-state index contributed by atoms with van der Waals surface area (Å²) in [5.74, 6) is 1.15. The molecule has 1 amide bonds. The molecule has 0 fully saturated rings. The van der Waals surface area contributed by atoms with Gasteiger partial charge in [0.1, 0.15) is 11.5 Å². The van der Waals surface area contributed by atoms with Gasteiger partial charge in [0.05, 0.1) is 12.3 Å². The predicted octanol–water partition coefficient (Wildman–Crippen LogP) is 4.99. The minimum Gasteiger partial charge on any atom is -0.493 e. The molecule has 2 aromatic carbocycles. The minimum absolute atomic E-state index is 0.0773. The van der Waals surface area contributed by atoms with Gasteiger partial charge < -0.3 is 9.47 Å². The molecule has 0 bridgehead atoms. The molecule has 26 heavy (non-hydrogen) atoms. The first-order valence-electron chi connectivity index (χ1n) is 8.01. The SMILES string of the molecule is CCOc1ccccc1-c1csc(NC(=O)COc2ccc(Br)cc2)n1. The first-order chi connectivity index (χ1) is 12.7. The van der Waals surface area contributed by atoms with Gasteiger partial charge in [0.15, 0.2) is 11.7 Å². The van der Waals surface area contributed by atoms with E-state index in [1.54, 1.807) is 12.1 Å². The number of aromatic nitrogens is 1. The summed E-state index contributed by atoms with van der Waals surface area (Å²) in [6.45, 7) is 2.44. The highest BCUT2D eigenvalue weighted by molar-refractivity contribution is 9.10. The number of nitrogens with one attached hydrogen (secondary N) is 1. The monoisotopic (exact) mass is 432 g/mol. The van der Waals surface area contributed by atoms with Gasteiger partial charge in [-0.3, -0.25) is 10.1 Å². The topological polar surface area (TPSA) is 60.5 Å². The summed E-state index contributed by atoms with van der Waals surface area (Å²) in [5.41, 5.74) is 1.67. The van der Waals surface area contributed by atoms with E-state index in [1.165, 1.54) is 11.3 Å². The fourth-order valence-electron chi connectivity index (χ4n) is 2.25. The minimum atomic E-state index is -0.257. The lowest BCUT2D eigenvalue weighted by Gasteiger charge is -2.07. The summed E-state index contributed by atoms with van der Waals surface area (Å²) in [7, 11) is 0. The smallest absolute Gasteiger partial charge is 0.264 e. The van der Waals surface area contributed by atoms with Crippen LogP contribution in [0.15, 0.2) is 58.4 Å². The number of halogens is 1. The van der Waals surface area contributed by atoms with E-state index in [9.17, 15) is 4.79 Å². The highest BCUT2D eigenvalue weighted by Gasteiger charge is 2.12. The largest absolute Gasteiger partial charge is 0.493 e. The molecule has 134 valence electrons. The van der Waals surface area contributed by atoms with Crippen molar-refractivity contribution >= 4 is 38.3 Å². The fraction of sp³-hybridized carbons (Fsp3) is 0.158. The molecule has 0 aliphatic rings. The number of ether oxygens (including phenoxy) is 2. The molecular weight excluding hydrogens is 416 g/mol. The lowest BCUT2D eigenvalue weighted by Crippen LogP contribution is -2.20. The van der Waals surface area contributed by atoms with Crippen molar-refractivity contribution in [2.45, 2.75) is 6.92 Å². The standard InChI is InChI=1S/C19H17BrN2O3S/c1-2-24-17-6-4-3-5-15(17)16-12-26-19(21-16)22-18(23)11-25-14-9-7-13(20)8-10-14/h3-10,12H,2,11H2,1H3,(H,21,22,23). The first kappa shape index (κ1) is 18.4. The second-order valence-electron chi connectivity index (χ2n) is 5.26. The molecule has 0 aliphatic carbocycles. The molecule has 0 radical (unpaired) electrons. The highest BCUT2D eigenvalue weighted by Crippen LogP contribution is 2.32. The molecule has 1 N–H and O–H groups in total. The summed E-state index contributed by atoms with van der Waals surface area (Å²) in [6, 6.07) is 15.0. The van der Waals surface area contributed by atoms with Crippen LogP contribution in [0.25, 0.3) is 11.3 Å². The zero-order valence-corrected chi connectivity index (χ0v) is 16.5. The Bertz CT molecular complexity index is 881. The molecule has 0 unspecified atom stereocenters. The van der Waals surface area contributed by atoms with Gasteiger partial charge in [-0.2, -0.15) is 0 Å². The number of hydrogen-bond acceptors (Lipinski definition) is 5. The van der Waals surface area contributed by atoms with Crippen molar-refractivity contribution in [3.63, 3.8) is 0 Å². The number of carbonyl (C=O) groups is 1. The number of thiazole rings is 1. The first-order valence-corrected chi connectivity index (χ1v) is 9.69. The van der Waals surface area contributed by atoms with E-state index in [-0.39, 0.29) is 12.5 Å². The Morgan fingerprint density at radius 2 is 1.92 bits per heavy atom. The third kappa shape index (κ3) is 4.83. The number of benzene rings is 2. The third-order valence-electron chi connectivity index (χ3n) is 3.40. The Labute approximate surface area is 164 Å². The number of carbonyl (C=O) groups excluding carboxylic acids is 1. The van der Waals surface area contributed by atoms with Gasteiger partial charge in [-0.25, -0.2) is 4.98 Å². The summed E-state index contributed by atoms with van der Waals surface area (Å²) < 4.78 is 12.0. The molecule has 0 saturated carbocycles. The fourth-order valence-corrected chi connectivity index (χ4v) is 3.24. The molecule has 1 aromatic heterocycles. The van der Waals surface area contributed by atoms with Crippen LogP contribution in [0.2, 0.25) is 0 Å². The number of rotatable bonds is 7. The summed E-state index contributed by atoms with van der Waals surface area (Å²) in [6.07, 6.45) is 0. The molecule has 3 rings (SSSR count). The van der Waals surface area contributed by atoms with Crippen LogP contribution in [0.5, 0.6) is 11.5 Å². The van der Waals surface area contributed by atoms with Gasteiger partial charge in [0.25, 0.3) is 5.91 Å². The van der Waals surface area contributed by atoms with E-state index in [0.717, 1.165) is 21.5 Å². The van der Waals surface area contributed by atoms with Crippen LogP contribution in [-0.2, 0) is 4.79 Å². The Balaban J connectivity index is 1.61. The Kier molecular flexibility index (Phi) is 6.25. The molecule has 0 aliphatic heterocycles. The van der Waals surface area contributed by atoms with Gasteiger partial charge in [-0.05, 0) is 43.3 Å². The van der Waals surface area contributed by atoms with E-state index in [1.807, 2.05) is 48.7 Å². The lowest BCUT2D eigenvalue weighted by molar-refractivity contribution is -0.118. The van der Waals surface area contributed by atoms with Gasteiger partial charge in [0, 0.05) is 15.4 Å². The summed E-state index contributed by atoms with van der Waals surface area (Å²) in [4.78, 5) is 16.5. The second kappa shape index (κ2) is 8.82. The predicted molar refractivity (Wildman–Crippen MR) is 107 cm³/mol. The zero-order valence-electron chi connectivity index (χ0n) is 14.1.